The van der Waals surface area contributed by atoms with Crippen molar-refractivity contribution in [3.8, 4) is 0 Å². The Bertz CT molecular complexity index is 366. The topological polar surface area (TPSA) is 64.7 Å². The van der Waals surface area contributed by atoms with E-state index in [1.54, 1.807) is 6.92 Å². The Morgan fingerprint density at radius 1 is 1.04 bits per heavy atom. The number of rotatable bonds is 10. The molecule has 1 atom stereocenters. The molecule has 0 aromatic carbocycles. The molecule has 0 bridgehead atoms. The predicted molar refractivity (Wildman–Crippen MR) is 105 cm³/mol. The first-order valence-corrected chi connectivity index (χ1v) is 9.82. The van der Waals surface area contributed by atoms with Crippen molar-refractivity contribution >= 4 is 11.7 Å². The van der Waals surface area contributed by atoms with Gasteiger partial charge in [0.1, 0.15) is 5.78 Å². The molecule has 1 heterocycles. The fourth-order valence-electron chi connectivity index (χ4n) is 2.77. The molecule has 1 saturated heterocycles. The van der Waals surface area contributed by atoms with Gasteiger partial charge in [-0.05, 0) is 33.2 Å². The molecular weight excluding hydrogens is 316 g/mol. The van der Waals surface area contributed by atoms with Crippen LogP contribution in [0.1, 0.15) is 53.9 Å². The number of unbranched alkanes of at least 4 members (excludes halogenated alkanes) is 1. The zero-order valence-corrected chi connectivity index (χ0v) is 17.2. The van der Waals surface area contributed by atoms with Gasteiger partial charge in [0.15, 0.2) is 0 Å². The minimum absolute atomic E-state index is 0.0592. The van der Waals surface area contributed by atoms with Crippen LogP contribution in [0.5, 0.6) is 0 Å². The van der Waals surface area contributed by atoms with E-state index in [1.165, 1.54) is 0 Å². The van der Waals surface area contributed by atoms with E-state index in [2.05, 4.69) is 41.3 Å². The summed E-state index contributed by atoms with van der Waals surface area (Å²) in [6.45, 7) is 14.9. The van der Waals surface area contributed by atoms with Crippen molar-refractivity contribution in [3.05, 3.63) is 0 Å². The van der Waals surface area contributed by atoms with Crippen LogP contribution in [0.15, 0.2) is 0 Å². The van der Waals surface area contributed by atoms with Gasteiger partial charge in [0, 0.05) is 38.8 Å². The maximum absolute atomic E-state index is 11.9. The number of carbonyl (C=O) groups excluding carboxylic acids is 2. The molecule has 1 fully saturated rings. The van der Waals surface area contributed by atoms with Crippen LogP contribution in [-0.4, -0.2) is 79.9 Å². The van der Waals surface area contributed by atoms with Crippen LogP contribution < -0.4 is 10.6 Å². The van der Waals surface area contributed by atoms with Crippen LogP contribution in [-0.2, 0) is 9.59 Å². The van der Waals surface area contributed by atoms with Crippen molar-refractivity contribution in [2.75, 3.05) is 46.3 Å². The molecule has 1 unspecified atom stereocenters. The van der Waals surface area contributed by atoms with Crippen LogP contribution >= 0.6 is 0 Å². The van der Waals surface area contributed by atoms with Crippen molar-refractivity contribution in [2.45, 2.75) is 66.0 Å². The summed E-state index contributed by atoms with van der Waals surface area (Å²) in [6.07, 6.45) is 2.69. The lowest BCUT2D eigenvalue weighted by Gasteiger charge is -2.31. The van der Waals surface area contributed by atoms with Gasteiger partial charge in [-0.25, -0.2) is 0 Å². The van der Waals surface area contributed by atoms with Crippen LogP contribution in [0.2, 0.25) is 0 Å². The first-order chi connectivity index (χ1) is 11.9. The van der Waals surface area contributed by atoms with Gasteiger partial charge in [-0.3, -0.25) is 14.5 Å². The second-order valence-corrected chi connectivity index (χ2v) is 6.91. The Kier molecular flexibility index (Phi) is 13.7. The summed E-state index contributed by atoms with van der Waals surface area (Å²) in [6, 6.07) is 0.253. The molecule has 1 aliphatic heterocycles. The Labute approximate surface area is 154 Å². The van der Waals surface area contributed by atoms with Crippen molar-refractivity contribution < 1.29 is 9.59 Å². The van der Waals surface area contributed by atoms with Gasteiger partial charge in [0.05, 0.1) is 12.6 Å². The molecule has 1 rings (SSSR count). The number of amides is 1. The minimum atomic E-state index is -0.0592. The van der Waals surface area contributed by atoms with Gasteiger partial charge in [-0.1, -0.05) is 27.7 Å². The fraction of sp³-hybridized carbons (Fsp3) is 0.895. The number of nitrogens with zero attached hydrogens (tertiary/aromatic N) is 2. The third-order valence-corrected chi connectivity index (χ3v) is 4.23. The third-order valence-electron chi connectivity index (χ3n) is 4.23. The quantitative estimate of drug-likeness (QED) is 0.581. The minimum Gasteiger partial charge on any atom is -0.355 e. The molecule has 25 heavy (non-hydrogen) atoms. The largest absolute Gasteiger partial charge is 0.355 e. The molecule has 6 heteroatoms. The van der Waals surface area contributed by atoms with Crippen molar-refractivity contribution in [1.29, 1.82) is 0 Å². The number of carbonyl (C=O) groups is 2. The van der Waals surface area contributed by atoms with Gasteiger partial charge in [0.25, 0.3) is 0 Å². The number of piperazine rings is 1. The Morgan fingerprint density at radius 2 is 1.64 bits per heavy atom. The van der Waals surface area contributed by atoms with Crippen molar-refractivity contribution in [1.82, 2.24) is 20.4 Å². The van der Waals surface area contributed by atoms with E-state index >= 15 is 0 Å². The second-order valence-electron chi connectivity index (χ2n) is 6.91. The summed E-state index contributed by atoms with van der Waals surface area (Å²) >= 11 is 0. The number of hydrogen-bond acceptors (Lipinski definition) is 5. The van der Waals surface area contributed by atoms with Gasteiger partial charge in [-0.15, -0.1) is 0 Å². The molecule has 1 aliphatic rings. The van der Waals surface area contributed by atoms with Crippen LogP contribution in [0, 0.1) is 0 Å². The number of nitrogens with one attached hydrogen (secondary N) is 2. The third kappa shape index (κ3) is 12.1. The van der Waals surface area contributed by atoms with Crippen molar-refractivity contribution in [3.63, 3.8) is 0 Å². The van der Waals surface area contributed by atoms with Crippen LogP contribution in [0.25, 0.3) is 0 Å². The average Bonchev–Trinajstić information content (AvgIpc) is 2.57. The molecule has 0 saturated carbocycles. The van der Waals surface area contributed by atoms with E-state index < -0.39 is 0 Å². The molecule has 0 radical (unpaired) electrons. The monoisotopic (exact) mass is 356 g/mol. The molecular formula is C19H40N4O2. The first kappa shape index (κ1) is 24.0. The lowest BCUT2D eigenvalue weighted by Crippen LogP contribution is -2.48. The molecule has 0 aliphatic carbocycles. The molecule has 0 spiro atoms. The average molecular weight is 357 g/mol. The van der Waals surface area contributed by atoms with E-state index in [-0.39, 0.29) is 17.7 Å². The number of hydrogen-bond donors (Lipinski definition) is 2. The van der Waals surface area contributed by atoms with Gasteiger partial charge in [-0.2, -0.15) is 0 Å². The highest BCUT2D eigenvalue weighted by Crippen LogP contribution is 2.03. The number of Topliss-reactive ketones (excluding diaryl/α,β-unsaturated/α-hetero) is 1. The fourth-order valence-corrected chi connectivity index (χ4v) is 2.77. The molecule has 148 valence electrons. The summed E-state index contributed by atoms with van der Waals surface area (Å²) in [7, 11) is 2.11. The Morgan fingerprint density at radius 3 is 2.16 bits per heavy atom. The summed E-state index contributed by atoms with van der Waals surface area (Å²) in [5.41, 5.74) is 0. The van der Waals surface area contributed by atoms with Crippen molar-refractivity contribution in [2.24, 2.45) is 0 Å². The highest BCUT2D eigenvalue weighted by atomic mass is 16.2. The van der Waals surface area contributed by atoms with Gasteiger partial charge in [0.2, 0.25) is 5.91 Å². The Balaban J connectivity index is 0.00000277. The lowest BCUT2D eigenvalue weighted by molar-refractivity contribution is -0.122. The normalized spacial score (nSPS) is 16.9. The van der Waals surface area contributed by atoms with Crippen LogP contribution in [0.4, 0.5) is 0 Å². The smallest absolute Gasteiger partial charge is 0.234 e. The van der Waals surface area contributed by atoms with E-state index in [0.29, 0.717) is 19.1 Å². The predicted octanol–water partition coefficient (Wildman–Crippen LogP) is 1.50. The summed E-state index contributed by atoms with van der Waals surface area (Å²) < 4.78 is 0. The molecule has 0 aromatic heterocycles. The zero-order chi connectivity index (χ0) is 19.2. The number of likely N-dealkylation sites (N-methyl/N-ethyl adjacent to an activating group) is 1. The summed E-state index contributed by atoms with van der Waals surface area (Å²) in [4.78, 5) is 28.0. The molecule has 6 nitrogen and oxygen atoms in total. The highest BCUT2D eigenvalue weighted by molar-refractivity contribution is 5.81. The summed E-state index contributed by atoms with van der Waals surface area (Å²) in [5.74, 6) is 0.302. The molecule has 1 amide bonds. The molecule has 2 N–H and O–H groups in total. The van der Waals surface area contributed by atoms with E-state index in [4.69, 9.17) is 0 Å². The maximum atomic E-state index is 11.9. The maximum Gasteiger partial charge on any atom is 0.234 e. The molecule has 0 aromatic rings. The van der Waals surface area contributed by atoms with E-state index in [0.717, 1.165) is 45.4 Å². The lowest BCUT2D eigenvalue weighted by atomic mass is 10.1. The van der Waals surface area contributed by atoms with Gasteiger partial charge >= 0.3 is 0 Å². The summed E-state index contributed by atoms with van der Waals surface area (Å²) in [5, 5.41) is 6.27. The van der Waals surface area contributed by atoms with E-state index in [1.807, 2.05) is 13.8 Å². The van der Waals surface area contributed by atoms with Gasteiger partial charge < -0.3 is 15.5 Å². The van der Waals surface area contributed by atoms with Crippen LogP contribution in [0.3, 0.4) is 0 Å². The second kappa shape index (κ2) is 14.2. The number of ketones is 1. The zero-order valence-electron chi connectivity index (χ0n) is 17.2. The first-order valence-electron chi connectivity index (χ1n) is 9.82. The standard InChI is InChI=1S/C17H34N4O2.C2H6/c1-14(2)19-16(15(3)22)7-5-6-8-18-17(23)13-21-11-9-20(4)10-12-21;1-2/h14,16,19H,5-13H2,1-4H3,(H,18,23);1-2H3. The Hall–Kier alpha value is -0.980. The van der Waals surface area contributed by atoms with E-state index in [9.17, 15) is 9.59 Å². The highest BCUT2D eigenvalue weighted by Gasteiger charge is 2.16. The SMILES string of the molecule is CC.CC(=O)C(CCCCNC(=O)CN1CCN(C)CC1)NC(C)C.